The molecule has 68 heavy (non-hydrogen) atoms. The van der Waals surface area contributed by atoms with Crippen molar-refractivity contribution in [3.8, 4) is 5.75 Å². The second kappa shape index (κ2) is 18.6. The average Bonchev–Trinajstić information content (AvgIpc) is 3.27. The summed E-state index contributed by atoms with van der Waals surface area (Å²) in [5, 5.41) is 16.7. The van der Waals surface area contributed by atoms with Crippen LogP contribution in [0.1, 0.15) is 43.6 Å². The average molecular weight is 1010 g/mol. The van der Waals surface area contributed by atoms with Gasteiger partial charge in [-0.05, 0) is 85.3 Å². The molecule has 0 spiro atoms. The predicted octanol–water partition coefficient (Wildman–Crippen LogP) is 6.79. The normalized spacial score (nSPS) is 13.8. The number of hydrazone groups is 1. The van der Waals surface area contributed by atoms with Gasteiger partial charge in [-0.25, -0.2) is 0 Å². The van der Waals surface area contributed by atoms with E-state index in [1.165, 1.54) is 49.4 Å². The van der Waals surface area contributed by atoms with Gasteiger partial charge in [-0.3, -0.25) is 38.0 Å². The summed E-state index contributed by atoms with van der Waals surface area (Å²) in [5.41, 5.74) is -0.862. The van der Waals surface area contributed by atoms with Gasteiger partial charge in [0, 0.05) is 33.7 Å². The lowest BCUT2D eigenvalue weighted by Crippen LogP contribution is -2.29. The highest BCUT2D eigenvalue weighted by atomic mass is 32.2. The molecule has 0 saturated carbocycles. The zero-order valence-corrected chi connectivity index (χ0v) is 37.7. The number of hydrogen-bond acceptors (Lipinski definition) is 16. The van der Waals surface area contributed by atoms with Crippen LogP contribution < -0.4 is 20.8 Å². The number of Topliss-reactive ketones (excluding diaryl/α,β-unsaturated/α-hetero) is 1. The Morgan fingerprint density at radius 1 is 0.618 bits per heavy atom. The van der Waals surface area contributed by atoms with Gasteiger partial charge in [0.15, 0.2) is 5.71 Å². The summed E-state index contributed by atoms with van der Waals surface area (Å²) in [6, 6.07) is 24.1. The maximum Gasteiger partial charge on any atom is 0.296 e. The summed E-state index contributed by atoms with van der Waals surface area (Å²) in [6.07, 6.45) is 0.660. The van der Waals surface area contributed by atoms with Gasteiger partial charge in [0.25, 0.3) is 52.3 Å². The summed E-state index contributed by atoms with van der Waals surface area (Å²) >= 11 is 0. The van der Waals surface area contributed by atoms with E-state index < -0.39 is 106 Å². The topological polar surface area (TPSA) is 351 Å². The standard InChI is InChI=1S/C42H32N6O16S4/c1-2-64-34-22-32(46-45-31-16-13-26(19-35(31)67(58,59)60)43-41(50)23-9-5-3-6-10-23)30-20-27(65(52,53)54)14-15-29(30)38(34)47-48-39-36(68(61,62)63)18-25-17-28(66(55,56)57)21-33(37(25)40(39)49)44-42(51)24-11-7-4-8-12-24/h3-22,47H,2H2,1H3,(H,43,50)(H,44,51)(H,52,53,54)(H,55,56,57)(H,58,59,60)(H,61,62,63). The van der Waals surface area contributed by atoms with Gasteiger partial charge in [-0.15, -0.1) is 10.2 Å². The second-order valence-corrected chi connectivity index (χ2v) is 19.8. The maximum atomic E-state index is 14.4. The molecule has 7 rings (SSSR count). The highest BCUT2D eigenvalue weighted by molar-refractivity contribution is 7.91. The number of anilines is 3. The largest absolute Gasteiger partial charge is 0.492 e. The molecular weight excluding hydrogens is 973 g/mol. The van der Waals surface area contributed by atoms with Crippen LogP contribution in [0, 0.1) is 0 Å². The molecule has 0 saturated heterocycles. The van der Waals surface area contributed by atoms with Crippen LogP contribution in [-0.2, 0) is 40.5 Å². The van der Waals surface area contributed by atoms with Gasteiger partial charge in [0.05, 0.1) is 33.3 Å². The van der Waals surface area contributed by atoms with Crippen molar-refractivity contribution in [1.82, 2.24) is 0 Å². The molecule has 1 aliphatic rings. The highest BCUT2D eigenvalue weighted by Gasteiger charge is 2.36. The minimum absolute atomic E-state index is 0.0447. The SMILES string of the molecule is CCOc1cc(N=Nc2ccc(NC(=O)c3ccccc3)cc2S(=O)(=O)O)c2cc(S(=O)(=O)O)ccc2c1NN=C1C(=O)c2c(cc(S(=O)(=O)O)cc2NC(=O)c2ccccc2)C=C1S(=O)(=O)O. The molecule has 0 unspecified atom stereocenters. The van der Waals surface area contributed by atoms with Crippen LogP contribution in [0.3, 0.4) is 0 Å². The Morgan fingerprint density at radius 2 is 1.22 bits per heavy atom. The lowest BCUT2D eigenvalue weighted by atomic mass is 9.92. The van der Waals surface area contributed by atoms with Crippen LogP contribution in [0.2, 0.25) is 0 Å². The first kappa shape index (κ1) is 48.4. The first-order valence-corrected chi connectivity index (χ1v) is 24.9. The fourth-order valence-electron chi connectivity index (χ4n) is 6.66. The zero-order valence-electron chi connectivity index (χ0n) is 34.4. The first-order valence-electron chi connectivity index (χ1n) is 19.1. The van der Waals surface area contributed by atoms with E-state index in [-0.39, 0.29) is 51.3 Å². The maximum absolute atomic E-state index is 14.4. The number of ketones is 1. The third-order valence-corrected chi connectivity index (χ3v) is 13.1. The number of ether oxygens (including phenoxy) is 1. The Balaban J connectivity index is 1.36. The Labute approximate surface area is 386 Å². The van der Waals surface area contributed by atoms with Crippen molar-refractivity contribution in [2.24, 2.45) is 15.3 Å². The quantitative estimate of drug-likeness (QED) is 0.0335. The number of hydrogen-bond donors (Lipinski definition) is 7. The van der Waals surface area contributed by atoms with E-state index >= 15 is 0 Å². The van der Waals surface area contributed by atoms with Crippen LogP contribution in [0.15, 0.2) is 150 Å². The zero-order chi connectivity index (χ0) is 49.3. The second-order valence-electron chi connectivity index (χ2n) is 14.2. The Hall–Kier alpha value is -7.56. The lowest BCUT2D eigenvalue weighted by Gasteiger charge is -2.21. The molecule has 7 N–H and O–H groups in total. The summed E-state index contributed by atoms with van der Waals surface area (Å²) in [4.78, 5) is 36.8. The van der Waals surface area contributed by atoms with Crippen LogP contribution in [0.5, 0.6) is 5.75 Å². The number of carbonyl (C=O) groups excluding carboxylic acids is 3. The number of benzene rings is 6. The molecule has 22 nitrogen and oxygen atoms in total. The molecule has 0 fully saturated rings. The Morgan fingerprint density at radius 3 is 1.79 bits per heavy atom. The minimum atomic E-state index is -5.41. The fourth-order valence-corrected chi connectivity index (χ4v) is 9.02. The van der Waals surface area contributed by atoms with Gasteiger partial charge in [0.2, 0.25) is 5.78 Å². The van der Waals surface area contributed by atoms with E-state index in [2.05, 4.69) is 31.4 Å². The number of azo groups is 1. The summed E-state index contributed by atoms with van der Waals surface area (Å²) in [7, 11) is -20.5. The van der Waals surface area contributed by atoms with E-state index in [1.54, 1.807) is 24.3 Å². The molecule has 1 aliphatic carbocycles. The number of carbonyl (C=O) groups is 3. The van der Waals surface area contributed by atoms with E-state index in [9.17, 15) is 66.3 Å². The molecule has 2 amide bonds. The predicted molar refractivity (Wildman–Crippen MR) is 245 cm³/mol. The Kier molecular flexibility index (Phi) is 13.2. The van der Waals surface area contributed by atoms with E-state index in [1.807, 2.05) is 0 Å². The molecule has 0 aliphatic heterocycles. The van der Waals surface area contributed by atoms with Gasteiger partial charge in [0.1, 0.15) is 26.9 Å². The van der Waals surface area contributed by atoms with E-state index in [0.717, 1.165) is 42.5 Å². The number of rotatable bonds is 14. The minimum Gasteiger partial charge on any atom is -0.492 e. The van der Waals surface area contributed by atoms with Crippen molar-refractivity contribution in [3.05, 3.63) is 142 Å². The summed E-state index contributed by atoms with van der Waals surface area (Å²) in [5.74, 6) is -2.99. The monoisotopic (exact) mass is 1000 g/mol. The molecule has 0 heterocycles. The molecule has 350 valence electrons. The molecule has 0 bridgehead atoms. The number of amides is 2. The van der Waals surface area contributed by atoms with Crippen LogP contribution in [0.25, 0.3) is 16.8 Å². The number of fused-ring (bicyclic) bond motifs is 2. The molecule has 26 heteroatoms. The summed E-state index contributed by atoms with van der Waals surface area (Å²) < 4.78 is 146. The molecule has 0 aromatic heterocycles. The molecule has 0 atom stereocenters. The van der Waals surface area contributed by atoms with Crippen molar-refractivity contribution in [2.45, 2.75) is 21.6 Å². The molecule has 6 aromatic carbocycles. The third-order valence-electron chi connectivity index (χ3n) is 9.69. The fraction of sp³-hybridized carbons (Fsp3) is 0.0476. The number of nitrogens with zero attached hydrogens (tertiary/aromatic N) is 3. The van der Waals surface area contributed by atoms with E-state index in [4.69, 9.17) is 4.74 Å². The van der Waals surface area contributed by atoms with Gasteiger partial charge >= 0.3 is 0 Å². The number of allylic oxidation sites excluding steroid dienone is 1. The van der Waals surface area contributed by atoms with Crippen molar-refractivity contribution in [3.63, 3.8) is 0 Å². The van der Waals surface area contributed by atoms with Gasteiger partial charge in [-0.2, -0.15) is 38.8 Å². The lowest BCUT2D eigenvalue weighted by molar-refractivity contribution is 0.101. The molecular formula is C42H32N6O16S4. The first-order chi connectivity index (χ1) is 31.9. The summed E-state index contributed by atoms with van der Waals surface area (Å²) in [6.45, 7) is 1.43. The van der Waals surface area contributed by atoms with Crippen molar-refractivity contribution < 1.29 is 71.0 Å². The number of nitrogens with one attached hydrogen (secondary N) is 3. The van der Waals surface area contributed by atoms with Gasteiger partial charge < -0.3 is 15.4 Å². The molecule has 0 radical (unpaired) electrons. The van der Waals surface area contributed by atoms with Gasteiger partial charge in [-0.1, -0.05) is 42.5 Å². The van der Waals surface area contributed by atoms with Crippen molar-refractivity contribution in [2.75, 3.05) is 22.7 Å². The van der Waals surface area contributed by atoms with E-state index in [0.29, 0.717) is 12.1 Å². The highest BCUT2D eigenvalue weighted by Crippen LogP contribution is 2.43. The van der Waals surface area contributed by atoms with Crippen LogP contribution >= 0.6 is 0 Å². The third kappa shape index (κ3) is 10.5. The Bertz CT molecular complexity index is 3660. The smallest absolute Gasteiger partial charge is 0.296 e. The molecule has 6 aromatic rings. The van der Waals surface area contributed by atoms with Crippen LogP contribution in [0.4, 0.5) is 28.4 Å². The van der Waals surface area contributed by atoms with Crippen LogP contribution in [-0.4, -0.2) is 81.8 Å². The van der Waals surface area contributed by atoms with Crippen molar-refractivity contribution in [1.29, 1.82) is 0 Å². The van der Waals surface area contributed by atoms with Crippen molar-refractivity contribution >= 4 is 109 Å².